The first kappa shape index (κ1) is 9.66. The van der Waals surface area contributed by atoms with E-state index >= 15 is 0 Å². The van der Waals surface area contributed by atoms with Crippen molar-refractivity contribution in [2.24, 2.45) is 0 Å². The van der Waals surface area contributed by atoms with Crippen molar-refractivity contribution in [1.82, 2.24) is 5.48 Å². The van der Waals surface area contributed by atoms with Crippen LogP contribution in [0.4, 0.5) is 0 Å². The highest BCUT2D eigenvalue weighted by Crippen LogP contribution is 2.08. The zero-order valence-electron chi connectivity index (χ0n) is 7.02. The summed E-state index contributed by atoms with van der Waals surface area (Å²) < 4.78 is 0. The summed E-state index contributed by atoms with van der Waals surface area (Å²) in [4.78, 5) is 0. The van der Waals surface area contributed by atoms with E-state index in [4.69, 9.17) is 5.21 Å². The van der Waals surface area contributed by atoms with Crippen molar-refractivity contribution in [3.8, 4) is 0 Å². The number of hydroxylamine groups is 1. The van der Waals surface area contributed by atoms with Crippen LogP contribution in [-0.4, -0.2) is 11.2 Å². The first-order valence-electron chi connectivity index (χ1n) is 3.78. The maximum atomic E-state index is 8.50. The van der Waals surface area contributed by atoms with Crippen LogP contribution in [0.25, 0.3) is 0 Å². The van der Waals surface area contributed by atoms with Crippen molar-refractivity contribution in [3.63, 3.8) is 0 Å². The van der Waals surface area contributed by atoms with E-state index in [2.05, 4.69) is 18.5 Å². The maximum absolute atomic E-state index is 8.50. The number of hydrogen-bond donors (Lipinski definition) is 2. The number of rotatable bonds is 4. The summed E-state index contributed by atoms with van der Waals surface area (Å²) >= 11 is 0. The number of hydrogen-bond acceptors (Lipinski definition) is 2. The van der Waals surface area contributed by atoms with Gasteiger partial charge in [-0.2, -0.15) is 0 Å². The molecular formula is C8H17NO. The Balaban J connectivity index is 3.64. The van der Waals surface area contributed by atoms with E-state index in [9.17, 15) is 0 Å². The van der Waals surface area contributed by atoms with Crippen molar-refractivity contribution < 1.29 is 5.21 Å². The molecule has 0 amide bonds. The van der Waals surface area contributed by atoms with Gasteiger partial charge in [0.25, 0.3) is 0 Å². The van der Waals surface area contributed by atoms with Gasteiger partial charge >= 0.3 is 0 Å². The molecule has 0 heterocycles. The molecule has 0 aromatic carbocycles. The molecule has 0 spiro atoms. The Morgan fingerprint density at radius 1 is 1.70 bits per heavy atom. The Hall–Kier alpha value is -0.340. The van der Waals surface area contributed by atoms with E-state index < -0.39 is 0 Å². The summed E-state index contributed by atoms with van der Waals surface area (Å²) in [6.07, 6.45) is 4.11. The molecule has 2 N–H and O–H groups in total. The molecule has 0 aromatic rings. The highest BCUT2D eigenvalue weighted by Gasteiger charge is 2.00. The van der Waals surface area contributed by atoms with Crippen LogP contribution < -0.4 is 5.48 Å². The standard InChI is InChI=1S/C8H17NO/c1-4-8(5-2)6-7(3)9-10/h4,7,9-10H,5-6H2,1-3H3. The molecule has 1 atom stereocenters. The van der Waals surface area contributed by atoms with Gasteiger partial charge in [0.1, 0.15) is 0 Å². The second-order valence-electron chi connectivity index (χ2n) is 2.53. The Morgan fingerprint density at radius 2 is 2.30 bits per heavy atom. The molecule has 0 aliphatic heterocycles. The first-order valence-corrected chi connectivity index (χ1v) is 3.78. The fraction of sp³-hybridized carbons (Fsp3) is 0.750. The van der Waals surface area contributed by atoms with Crippen LogP contribution in [-0.2, 0) is 0 Å². The third-order valence-corrected chi connectivity index (χ3v) is 1.65. The summed E-state index contributed by atoms with van der Waals surface area (Å²) in [5.74, 6) is 0. The number of allylic oxidation sites excluding steroid dienone is 1. The average Bonchev–Trinajstić information content (AvgIpc) is 1.99. The van der Waals surface area contributed by atoms with Gasteiger partial charge in [0.05, 0.1) is 0 Å². The molecule has 0 aliphatic rings. The lowest BCUT2D eigenvalue weighted by atomic mass is 10.1. The van der Waals surface area contributed by atoms with Gasteiger partial charge in [-0.15, -0.1) is 0 Å². The van der Waals surface area contributed by atoms with Crippen molar-refractivity contribution in [1.29, 1.82) is 0 Å². The number of nitrogens with one attached hydrogen (secondary N) is 1. The van der Waals surface area contributed by atoms with Gasteiger partial charge in [0.2, 0.25) is 0 Å². The Morgan fingerprint density at radius 3 is 2.60 bits per heavy atom. The first-order chi connectivity index (χ1) is 4.74. The van der Waals surface area contributed by atoms with Gasteiger partial charge in [0, 0.05) is 6.04 Å². The van der Waals surface area contributed by atoms with Crippen LogP contribution in [0.2, 0.25) is 0 Å². The zero-order valence-corrected chi connectivity index (χ0v) is 7.02. The van der Waals surface area contributed by atoms with Gasteiger partial charge in [-0.25, -0.2) is 5.48 Å². The lowest BCUT2D eigenvalue weighted by molar-refractivity contribution is 0.132. The van der Waals surface area contributed by atoms with Crippen molar-refractivity contribution in [2.45, 2.75) is 39.7 Å². The topological polar surface area (TPSA) is 32.3 Å². The molecule has 0 fully saturated rings. The molecule has 10 heavy (non-hydrogen) atoms. The molecule has 60 valence electrons. The Kier molecular flexibility index (Phi) is 5.26. The van der Waals surface area contributed by atoms with E-state index in [-0.39, 0.29) is 6.04 Å². The lowest BCUT2D eigenvalue weighted by Crippen LogP contribution is -2.22. The molecule has 0 radical (unpaired) electrons. The molecule has 0 rings (SSSR count). The highest BCUT2D eigenvalue weighted by atomic mass is 16.5. The SMILES string of the molecule is CC=C(CC)CC(C)NO. The largest absolute Gasteiger partial charge is 0.317 e. The minimum Gasteiger partial charge on any atom is -0.317 e. The monoisotopic (exact) mass is 143 g/mol. The van der Waals surface area contributed by atoms with E-state index in [1.54, 1.807) is 0 Å². The lowest BCUT2D eigenvalue weighted by Gasteiger charge is -2.09. The zero-order chi connectivity index (χ0) is 7.98. The van der Waals surface area contributed by atoms with Gasteiger partial charge in [-0.1, -0.05) is 18.6 Å². The molecule has 0 saturated heterocycles. The molecule has 2 heteroatoms. The van der Waals surface area contributed by atoms with Gasteiger partial charge < -0.3 is 5.21 Å². The van der Waals surface area contributed by atoms with E-state index in [1.165, 1.54) is 5.57 Å². The molecular weight excluding hydrogens is 126 g/mol. The third kappa shape index (κ3) is 3.64. The van der Waals surface area contributed by atoms with Crippen LogP contribution in [0.5, 0.6) is 0 Å². The minimum absolute atomic E-state index is 0.172. The second-order valence-corrected chi connectivity index (χ2v) is 2.53. The normalized spacial score (nSPS) is 15.4. The Labute approximate surface area is 62.9 Å². The minimum atomic E-state index is 0.172. The van der Waals surface area contributed by atoms with E-state index in [0.717, 1.165) is 12.8 Å². The van der Waals surface area contributed by atoms with Gasteiger partial charge in [-0.05, 0) is 26.7 Å². The third-order valence-electron chi connectivity index (χ3n) is 1.65. The van der Waals surface area contributed by atoms with Crippen LogP contribution in [0, 0.1) is 0 Å². The van der Waals surface area contributed by atoms with Crippen LogP contribution in [0.15, 0.2) is 11.6 Å². The average molecular weight is 143 g/mol. The quantitative estimate of drug-likeness (QED) is 0.466. The molecule has 0 aromatic heterocycles. The summed E-state index contributed by atoms with van der Waals surface area (Å²) in [7, 11) is 0. The maximum Gasteiger partial charge on any atom is 0.0328 e. The van der Waals surface area contributed by atoms with E-state index in [1.807, 2.05) is 13.8 Å². The molecule has 0 aliphatic carbocycles. The van der Waals surface area contributed by atoms with E-state index in [0.29, 0.717) is 0 Å². The van der Waals surface area contributed by atoms with Gasteiger partial charge in [0.15, 0.2) is 0 Å². The van der Waals surface area contributed by atoms with Crippen molar-refractivity contribution >= 4 is 0 Å². The van der Waals surface area contributed by atoms with Crippen LogP contribution >= 0.6 is 0 Å². The predicted molar refractivity (Wildman–Crippen MR) is 43.0 cm³/mol. The van der Waals surface area contributed by atoms with Crippen molar-refractivity contribution in [3.05, 3.63) is 11.6 Å². The molecule has 0 saturated carbocycles. The highest BCUT2D eigenvalue weighted by molar-refractivity contribution is 5.00. The summed E-state index contributed by atoms with van der Waals surface area (Å²) in [5.41, 5.74) is 3.61. The smallest absolute Gasteiger partial charge is 0.0328 e. The molecule has 1 unspecified atom stereocenters. The predicted octanol–water partition coefficient (Wildman–Crippen LogP) is 2.10. The van der Waals surface area contributed by atoms with Crippen molar-refractivity contribution in [2.75, 3.05) is 0 Å². The Bertz CT molecular complexity index is 110. The fourth-order valence-corrected chi connectivity index (χ4v) is 0.905. The molecule has 0 bridgehead atoms. The fourth-order valence-electron chi connectivity index (χ4n) is 0.905. The summed E-state index contributed by atoms with van der Waals surface area (Å²) in [6.45, 7) is 6.11. The van der Waals surface area contributed by atoms with Crippen LogP contribution in [0.1, 0.15) is 33.6 Å². The summed E-state index contributed by atoms with van der Waals surface area (Å²) in [5, 5.41) is 8.50. The van der Waals surface area contributed by atoms with Crippen LogP contribution in [0.3, 0.4) is 0 Å². The second kappa shape index (κ2) is 5.45. The summed E-state index contributed by atoms with van der Waals surface area (Å²) in [6, 6.07) is 0.172. The molecule has 2 nitrogen and oxygen atoms in total. The van der Waals surface area contributed by atoms with Gasteiger partial charge in [-0.3, -0.25) is 0 Å².